The molecule has 1 heterocycles. The summed E-state index contributed by atoms with van der Waals surface area (Å²) in [6, 6.07) is 6.07. The maximum atomic E-state index is 11.7. The van der Waals surface area contributed by atoms with Gasteiger partial charge in [-0.1, -0.05) is 45.9 Å². The van der Waals surface area contributed by atoms with E-state index in [1.165, 1.54) is 11.1 Å². The Bertz CT molecular complexity index is 488. The number of carbonyl (C=O) groups is 1. The summed E-state index contributed by atoms with van der Waals surface area (Å²) in [5.41, 5.74) is 3.14. The monoisotopic (exact) mass is 261 g/mol. The summed E-state index contributed by atoms with van der Waals surface area (Å²) in [5, 5.41) is 10.3. The van der Waals surface area contributed by atoms with Gasteiger partial charge in [0.2, 0.25) is 5.91 Å². The fraction of sp³-hybridized carbons (Fsp3) is 0.562. The van der Waals surface area contributed by atoms with Crippen molar-refractivity contribution < 1.29 is 9.90 Å². The van der Waals surface area contributed by atoms with Crippen LogP contribution >= 0.6 is 0 Å². The van der Waals surface area contributed by atoms with Crippen LogP contribution < -0.4 is 0 Å². The molecule has 0 bridgehead atoms. The van der Waals surface area contributed by atoms with Gasteiger partial charge < -0.3 is 10.0 Å². The first-order chi connectivity index (χ1) is 8.82. The van der Waals surface area contributed by atoms with Gasteiger partial charge in [-0.2, -0.15) is 0 Å². The van der Waals surface area contributed by atoms with Gasteiger partial charge in [0.15, 0.2) is 0 Å². The molecule has 0 saturated heterocycles. The molecule has 0 spiro atoms. The van der Waals surface area contributed by atoms with Gasteiger partial charge in [-0.05, 0) is 22.1 Å². The second-order valence-electron chi connectivity index (χ2n) is 6.40. The lowest BCUT2D eigenvalue weighted by Gasteiger charge is -2.26. The zero-order chi connectivity index (χ0) is 14.2. The van der Waals surface area contributed by atoms with Gasteiger partial charge in [0, 0.05) is 19.5 Å². The Balaban J connectivity index is 2.22. The summed E-state index contributed by atoms with van der Waals surface area (Å²) in [5.74, 6) is 0.189. The zero-order valence-corrected chi connectivity index (χ0v) is 12.2. The molecule has 1 atom stereocenters. The maximum absolute atomic E-state index is 11.7. The average molecular weight is 261 g/mol. The summed E-state index contributed by atoms with van der Waals surface area (Å²) in [4.78, 5) is 13.6. The highest BCUT2D eigenvalue weighted by atomic mass is 16.3. The number of amides is 1. The first-order valence-electron chi connectivity index (χ1n) is 6.90. The summed E-state index contributed by atoms with van der Waals surface area (Å²) in [6.45, 7) is 9.34. The molecular weight excluding hydrogens is 238 g/mol. The number of hydrogen-bond acceptors (Lipinski definition) is 2. The van der Waals surface area contributed by atoms with Crippen LogP contribution in [0.1, 0.15) is 56.9 Å². The Morgan fingerprint density at radius 3 is 2.53 bits per heavy atom. The van der Waals surface area contributed by atoms with Crippen LogP contribution in [0.15, 0.2) is 18.2 Å². The molecule has 19 heavy (non-hydrogen) atoms. The number of nitrogens with zero attached hydrogens (tertiary/aromatic N) is 1. The Kier molecular flexibility index (Phi) is 3.68. The number of benzene rings is 1. The van der Waals surface area contributed by atoms with Crippen molar-refractivity contribution in [3.05, 3.63) is 34.9 Å². The van der Waals surface area contributed by atoms with Crippen molar-refractivity contribution >= 4 is 5.91 Å². The topological polar surface area (TPSA) is 40.5 Å². The molecule has 0 fully saturated rings. The molecule has 2 rings (SSSR count). The maximum Gasteiger partial charge on any atom is 0.222 e. The molecule has 1 aliphatic rings. The second kappa shape index (κ2) is 4.97. The van der Waals surface area contributed by atoms with Gasteiger partial charge in [0.1, 0.15) is 0 Å². The molecule has 1 unspecified atom stereocenters. The van der Waals surface area contributed by atoms with Crippen LogP contribution in [0.5, 0.6) is 0 Å². The van der Waals surface area contributed by atoms with Gasteiger partial charge in [0.25, 0.3) is 0 Å². The van der Waals surface area contributed by atoms with Gasteiger partial charge in [-0.3, -0.25) is 4.79 Å². The third-order valence-corrected chi connectivity index (χ3v) is 3.74. The quantitative estimate of drug-likeness (QED) is 0.889. The predicted molar refractivity (Wildman–Crippen MR) is 75.4 cm³/mol. The lowest BCUT2D eigenvalue weighted by atomic mass is 9.84. The van der Waals surface area contributed by atoms with E-state index < -0.39 is 6.10 Å². The molecule has 0 saturated carbocycles. The minimum Gasteiger partial charge on any atom is -0.388 e. The number of fused-ring (bicyclic) bond motifs is 1. The lowest BCUT2D eigenvalue weighted by Crippen LogP contribution is -2.24. The third-order valence-electron chi connectivity index (χ3n) is 3.74. The van der Waals surface area contributed by atoms with E-state index in [2.05, 4.69) is 0 Å². The van der Waals surface area contributed by atoms with Crippen LogP contribution in [-0.2, 0) is 17.9 Å². The van der Waals surface area contributed by atoms with Crippen molar-refractivity contribution in [3.63, 3.8) is 0 Å². The largest absolute Gasteiger partial charge is 0.388 e. The van der Waals surface area contributed by atoms with Gasteiger partial charge in [-0.15, -0.1) is 0 Å². The molecule has 0 radical (unpaired) electrons. The molecular formula is C16H23NO2. The highest BCUT2D eigenvalue weighted by Crippen LogP contribution is 2.34. The number of rotatable bonds is 2. The Morgan fingerprint density at radius 1 is 1.32 bits per heavy atom. The van der Waals surface area contributed by atoms with E-state index in [-0.39, 0.29) is 11.3 Å². The van der Waals surface area contributed by atoms with Crippen molar-refractivity contribution in [1.29, 1.82) is 0 Å². The van der Waals surface area contributed by atoms with Gasteiger partial charge >= 0.3 is 0 Å². The first kappa shape index (κ1) is 14.1. The Labute approximate surface area is 115 Å². The van der Waals surface area contributed by atoms with Crippen molar-refractivity contribution in [1.82, 2.24) is 4.90 Å². The minimum absolute atomic E-state index is 0.175. The molecule has 1 aromatic carbocycles. The second-order valence-corrected chi connectivity index (χ2v) is 6.40. The highest BCUT2D eigenvalue weighted by Gasteiger charge is 2.27. The zero-order valence-electron chi connectivity index (χ0n) is 12.2. The van der Waals surface area contributed by atoms with Crippen molar-refractivity contribution in [2.75, 3.05) is 0 Å². The molecule has 3 nitrogen and oxygen atoms in total. The molecule has 3 heteroatoms. The van der Waals surface area contributed by atoms with E-state index in [4.69, 9.17) is 0 Å². The summed E-state index contributed by atoms with van der Waals surface area (Å²) < 4.78 is 0. The molecule has 0 aromatic heterocycles. The first-order valence-corrected chi connectivity index (χ1v) is 6.90. The van der Waals surface area contributed by atoms with Crippen LogP contribution in [0, 0.1) is 5.41 Å². The normalized spacial score (nSPS) is 16.4. The van der Waals surface area contributed by atoms with E-state index in [1.54, 1.807) is 0 Å². The highest BCUT2D eigenvalue weighted by molar-refractivity contribution is 5.76. The average Bonchev–Trinajstić information content (AvgIpc) is 2.78. The van der Waals surface area contributed by atoms with Crippen LogP contribution in [0.4, 0.5) is 0 Å². The van der Waals surface area contributed by atoms with E-state index >= 15 is 0 Å². The van der Waals surface area contributed by atoms with Gasteiger partial charge in [-0.25, -0.2) is 0 Å². The van der Waals surface area contributed by atoms with Crippen molar-refractivity contribution in [2.45, 2.75) is 53.3 Å². The smallest absolute Gasteiger partial charge is 0.222 e. The van der Waals surface area contributed by atoms with Crippen LogP contribution in [-0.4, -0.2) is 15.9 Å². The fourth-order valence-electron chi connectivity index (χ4n) is 2.48. The third kappa shape index (κ3) is 2.81. The van der Waals surface area contributed by atoms with Crippen LogP contribution in [0.25, 0.3) is 0 Å². The van der Waals surface area contributed by atoms with Gasteiger partial charge in [0.05, 0.1) is 6.10 Å². The summed E-state index contributed by atoms with van der Waals surface area (Å²) in [7, 11) is 0. The summed E-state index contributed by atoms with van der Waals surface area (Å²) in [6.07, 6.45) is 0.0691. The predicted octanol–water partition coefficient (Wildman–Crippen LogP) is 3.02. The number of aliphatic hydroxyl groups is 1. The van der Waals surface area contributed by atoms with E-state index in [0.29, 0.717) is 19.5 Å². The molecule has 104 valence electrons. The lowest BCUT2D eigenvalue weighted by molar-refractivity contribution is -0.131. The molecule has 1 aliphatic heterocycles. The molecule has 1 aromatic rings. The number of aliphatic hydroxyl groups excluding tert-OH is 1. The molecule has 1 amide bonds. The fourth-order valence-corrected chi connectivity index (χ4v) is 2.48. The minimum atomic E-state index is -0.478. The van der Waals surface area contributed by atoms with E-state index in [1.807, 2.05) is 50.8 Å². The van der Waals surface area contributed by atoms with Crippen LogP contribution in [0.2, 0.25) is 0 Å². The molecule has 0 aliphatic carbocycles. The SMILES string of the molecule is CCC(=O)N1Cc2ccc(C(O)C(C)(C)C)cc2C1. The van der Waals surface area contributed by atoms with E-state index in [0.717, 1.165) is 5.56 Å². The van der Waals surface area contributed by atoms with Crippen molar-refractivity contribution in [2.24, 2.45) is 5.41 Å². The molecule has 1 N–H and O–H groups in total. The van der Waals surface area contributed by atoms with E-state index in [9.17, 15) is 9.90 Å². The van der Waals surface area contributed by atoms with Crippen LogP contribution in [0.3, 0.4) is 0 Å². The Hall–Kier alpha value is -1.35. The number of hydrogen-bond donors (Lipinski definition) is 1. The van der Waals surface area contributed by atoms with Crippen molar-refractivity contribution in [3.8, 4) is 0 Å². The standard InChI is InChI=1S/C16H23NO2/c1-5-14(18)17-9-12-7-6-11(8-13(12)10-17)15(19)16(2,3)4/h6-8,15,19H,5,9-10H2,1-4H3. The summed E-state index contributed by atoms with van der Waals surface area (Å²) >= 11 is 0. The number of carbonyl (C=O) groups excluding carboxylic acids is 1. The Morgan fingerprint density at radius 2 is 1.95 bits per heavy atom.